The maximum atomic E-state index is 12.6. The predicted molar refractivity (Wildman–Crippen MR) is 105 cm³/mol. The zero-order valence-corrected chi connectivity index (χ0v) is 17.4. The van der Waals surface area contributed by atoms with Crippen molar-refractivity contribution in [2.45, 2.75) is 65.0 Å². The fourth-order valence-electron chi connectivity index (χ4n) is 3.11. The average Bonchev–Trinajstić information content (AvgIpc) is 2.92. The fraction of sp³-hybridized carbons (Fsp3) is 0.600. The lowest BCUT2D eigenvalue weighted by Crippen LogP contribution is -2.42. The number of carbonyl (C=O) groups excluding carboxylic acids is 2. The van der Waals surface area contributed by atoms with Gasteiger partial charge in [-0.2, -0.15) is 0 Å². The number of amides is 1. The van der Waals surface area contributed by atoms with Crippen LogP contribution in [0.25, 0.3) is 0 Å². The zero-order valence-electron chi connectivity index (χ0n) is 16.6. The average molecular weight is 396 g/mol. The molecule has 0 spiro atoms. The highest BCUT2D eigenvalue weighted by atomic mass is 32.2. The van der Waals surface area contributed by atoms with Crippen LogP contribution < -0.4 is 5.32 Å². The highest BCUT2D eigenvalue weighted by Gasteiger charge is 2.31. The van der Waals surface area contributed by atoms with Crippen LogP contribution in [0.3, 0.4) is 0 Å². The lowest BCUT2D eigenvalue weighted by molar-refractivity contribution is -0.129. The Kier molecular flexibility index (Phi) is 6.68. The van der Waals surface area contributed by atoms with Crippen LogP contribution >= 0.6 is 0 Å². The van der Waals surface area contributed by atoms with Crippen LogP contribution in [0.1, 0.15) is 74.4 Å². The van der Waals surface area contributed by atoms with Gasteiger partial charge in [0.15, 0.2) is 15.9 Å². The molecule has 27 heavy (non-hydrogen) atoms. The van der Waals surface area contributed by atoms with E-state index in [4.69, 9.17) is 4.74 Å². The number of sulfone groups is 1. The maximum absolute atomic E-state index is 12.6. The van der Waals surface area contributed by atoms with E-state index in [1.165, 1.54) is 6.92 Å². The summed E-state index contributed by atoms with van der Waals surface area (Å²) in [4.78, 5) is 24.9. The van der Waals surface area contributed by atoms with Gasteiger partial charge in [-0.25, -0.2) is 13.2 Å². The Morgan fingerprint density at radius 2 is 1.78 bits per heavy atom. The van der Waals surface area contributed by atoms with Crippen molar-refractivity contribution in [3.8, 4) is 0 Å². The Hall–Kier alpha value is -1.89. The van der Waals surface area contributed by atoms with Crippen LogP contribution in [0.4, 0.5) is 0 Å². The molecule has 150 valence electrons. The molecule has 1 aliphatic rings. The molecule has 0 unspecified atom stereocenters. The summed E-state index contributed by atoms with van der Waals surface area (Å²) in [6.07, 6.45) is -0.603. The van der Waals surface area contributed by atoms with Crippen LogP contribution in [-0.4, -0.2) is 43.9 Å². The van der Waals surface area contributed by atoms with Crippen LogP contribution in [0.15, 0.2) is 18.2 Å². The number of rotatable bonds is 6. The number of hydrogen-bond donors (Lipinski definition) is 1. The summed E-state index contributed by atoms with van der Waals surface area (Å²) in [7, 11) is -3.08. The summed E-state index contributed by atoms with van der Waals surface area (Å²) in [5.41, 5.74) is 2.49. The highest BCUT2D eigenvalue weighted by Crippen LogP contribution is 2.26. The zero-order chi connectivity index (χ0) is 20.4. The van der Waals surface area contributed by atoms with E-state index in [9.17, 15) is 18.0 Å². The summed E-state index contributed by atoms with van der Waals surface area (Å²) in [6.45, 7) is 9.69. The predicted octanol–water partition coefficient (Wildman–Crippen LogP) is 2.78. The second-order valence-corrected chi connectivity index (χ2v) is 10.0. The van der Waals surface area contributed by atoms with Gasteiger partial charge in [0.05, 0.1) is 17.1 Å². The van der Waals surface area contributed by atoms with Gasteiger partial charge in [0.1, 0.15) is 0 Å². The SMILES string of the molecule is CC(C)c1ccc(C(=O)O[C@@H](C)C(=O)N[C@H]2CCS(=O)(=O)C2)c(C(C)C)c1. The normalized spacial score (nSPS) is 19.9. The van der Waals surface area contributed by atoms with E-state index in [-0.39, 0.29) is 17.4 Å². The summed E-state index contributed by atoms with van der Waals surface area (Å²) in [5.74, 6) is -0.523. The van der Waals surface area contributed by atoms with E-state index in [0.29, 0.717) is 17.9 Å². The third-order valence-corrected chi connectivity index (χ3v) is 6.58. The molecule has 1 heterocycles. The molecule has 2 atom stereocenters. The molecule has 0 bridgehead atoms. The van der Waals surface area contributed by atoms with E-state index >= 15 is 0 Å². The van der Waals surface area contributed by atoms with Crippen molar-refractivity contribution in [1.82, 2.24) is 5.32 Å². The molecule has 6 nitrogen and oxygen atoms in total. The topological polar surface area (TPSA) is 89.5 Å². The van der Waals surface area contributed by atoms with Gasteiger partial charge in [0.2, 0.25) is 0 Å². The second kappa shape index (κ2) is 8.42. The summed E-state index contributed by atoms with van der Waals surface area (Å²) >= 11 is 0. The molecule has 1 aromatic rings. The Bertz CT molecular complexity index is 814. The van der Waals surface area contributed by atoms with Gasteiger partial charge in [-0.3, -0.25) is 4.79 Å². The maximum Gasteiger partial charge on any atom is 0.339 e. The standard InChI is InChI=1S/C20H29NO5S/c1-12(2)15-6-7-17(18(10-15)13(3)4)20(23)26-14(5)19(22)21-16-8-9-27(24,25)11-16/h6-7,10,12-14,16H,8-9,11H2,1-5H3,(H,21,22)/t14-,16-/m0/s1. The first-order chi connectivity index (χ1) is 12.5. The molecule has 1 aromatic carbocycles. The van der Waals surface area contributed by atoms with Crippen molar-refractivity contribution < 1.29 is 22.7 Å². The second-order valence-electron chi connectivity index (χ2n) is 7.81. The number of benzene rings is 1. The molecule has 1 fully saturated rings. The Morgan fingerprint density at radius 3 is 2.30 bits per heavy atom. The van der Waals surface area contributed by atoms with Gasteiger partial charge in [0, 0.05) is 6.04 Å². The Balaban J connectivity index is 2.06. The molecule has 1 saturated heterocycles. The highest BCUT2D eigenvalue weighted by molar-refractivity contribution is 7.91. The number of esters is 1. The molecule has 1 aliphatic heterocycles. The minimum atomic E-state index is -3.08. The van der Waals surface area contributed by atoms with Gasteiger partial charge >= 0.3 is 5.97 Å². The third-order valence-electron chi connectivity index (χ3n) is 4.82. The van der Waals surface area contributed by atoms with Crippen LogP contribution in [0, 0.1) is 0 Å². The van der Waals surface area contributed by atoms with Gasteiger partial charge < -0.3 is 10.1 Å². The Labute approximate surface area is 161 Å². The largest absolute Gasteiger partial charge is 0.449 e. The lowest BCUT2D eigenvalue weighted by Gasteiger charge is -2.19. The van der Waals surface area contributed by atoms with E-state index in [1.807, 2.05) is 26.0 Å². The number of nitrogens with one attached hydrogen (secondary N) is 1. The van der Waals surface area contributed by atoms with E-state index in [0.717, 1.165) is 11.1 Å². The molecule has 7 heteroatoms. The smallest absolute Gasteiger partial charge is 0.339 e. The summed E-state index contributed by atoms with van der Waals surface area (Å²) in [6, 6.07) is 5.25. The van der Waals surface area contributed by atoms with Gasteiger partial charge in [-0.15, -0.1) is 0 Å². The van der Waals surface area contributed by atoms with Gasteiger partial charge in [0.25, 0.3) is 5.91 Å². The molecule has 2 rings (SSSR count). The first-order valence-electron chi connectivity index (χ1n) is 9.35. The first kappa shape index (κ1) is 21.4. The van der Waals surface area contributed by atoms with Crippen molar-refractivity contribution in [2.24, 2.45) is 0 Å². The van der Waals surface area contributed by atoms with Crippen LogP contribution in [-0.2, 0) is 19.4 Å². The van der Waals surface area contributed by atoms with Crippen molar-refractivity contribution in [3.05, 3.63) is 34.9 Å². The van der Waals surface area contributed by atoms with Gasteiger partial charge in [-0.1, -0.05) is 39.8 Å². The monoisotopic (exact) mass is 395 g/mol. The molecule has 0 aromatic heterocycles. The molecule has 0 saturated carbocycles. The van der Waals surface area contributed by atoms with Crippen LogP contribution in [0.2, 0.25) is 0 Å². The molecule has 0 aliphatic carbocycles. The van der Waals surface area contributed by atoms with Crippen molar-refractivity contribution in [2.75, 3.05) is 11.5 Å². The summed E-state index contributed by atoms with van der Waals surface area (Å²) in [5, 5.41) is 2.66. The molecular formula is C20H29NO5S. The van der Waals surface area contributed by atoms with Crippen molar-refractivity contribution >= 4 is 21.7 Å². The summed E-state index contributed by atoms with van der Waals surface area (Å²) < 4.78 is 28.3. The number of hydrogen-bond acceptors (Lipinski definition) is 5. The molecule has 0 radical (unpaired) electrons. The minimum absolute atomic E-state index is 0.0619. The molecule has 1 N–H and O–H groups in total. The van der Waals surface area contributed by atoms with E-state index in [1.54, 1.807) is 6.07 Å². The quantitative estimate of drug-likeness (QED) is 0.748. The van der Waals surface area contributed by atoms with Crippen molar-refractivity contribution in [1.29, 1.82) is 0 Å². The number of carbonyl (C=O) groups is 2. The van der Waals surface area contributed by atoms with Crippen LogP contribution in [0.5, 0.6) is 0 Å². The first-order valence-corrected chi connectivity index (χ1v) is 11.2. The number of ether oxygens (including phenoxy) is 1. The van der Waals surface area contributed by atoms with E-state index in [2.05, 4.69) is 19.2 Å². The Morgan fingerprint density at radius 1 is 1.11 bits per heavy atom. The van der Waals surface area contributed by atoms with Crippen molar-refractivity contribution in [3.63, 3.8) is 0 Å². The van der Waals surface area contributed by atoms with E-state index < -0.39 is 33.9 Å². The molecular weight excluding hydrogens is 366 g/mol. The molecule has 1 amide bonds. The minimum Gasteiger partial charge on any atom is -0.449 e. The fourth-order valence-corrected chi connectivity index (χ4v) is 4.78. The third kappa shape index (κ3) is 5.54. The lowest BCUT2D eigenvalue weighted by atomic mass is 9.91. The van der Waals surface area contributed by atoms with Gasteiger partial charge in [-0.05, 0) is 42.4 Å².